The second-order valence-corrected chi connectivity index (χ2v) is 5.32. The number of aromatic nitrogens is 2. The first-order valence-electron chi connectivity index (χ1n) is 7.30. The van der Waals surface area contributed by atoms with E-state index in [1.54, 1.807) is 33.0 Å². The summed E-state index contributed by atoms with van der Waals surface area (Å²) in [6.07, 6.45) is 2.66. The molecule has 1 aromatic rings. The number of hydrogen-bond donors (Lipinski definition) is 3. The highest BCUT2D eigenvalue weighted by molar-refractivity contribution is 5.99. The molecule has 0 bridgehead atoms. The molecule has 0 saturated heterocycles. The largest absolute Gasteiger partial charge is 0.393 e. The van der Waals surface area contributed by atoms with Crippen LogP contribution in [0.1, 0.15) is 36.7 Å². The number of nitrogens with zero attached hydrogens (tertiary/aromatic N) is 3. The van der Waals surface area contributed by atoms with Crippen molar-refractivity contribution in [1.82, 2.24) is 14.9 Å². The molecule has 8 nitrogen and oxygen atoms in total. The molecule has 0 aliphatic rings. The topological polar surface area (TPSA) is 102 Å². The van der Waals surface area contributed by atoms with Crippen LogP contribution in [0.4, 0.5) is 11.8 Å². The van der Waals surface area contributed by atoms with E-state index in [4.69, 9.17) is 0 Å². The van der Waals surface area contributed by atoms with Gasteiger partial charge in [0.25, 0.3) is 5.91 Å². The number of nitrogens with one attached hydrogen (secondary N) is 2. The molecule has 0 aliphatic heterocycles. The number of imidazole rings is 1. The molecule has 0 aliphatic carbocycles. The molecular weight excluding hydrogens is 286 g/mol. The number of anilines is 2. The summed E-state index contributed by atoms with van der Waals surface area (Å²) < 4.78 is 0. The number of unbranched alkanes of at least 4 members (excludes halogenated alkanes) is 1. The molecule has 0 radical (unpaired) electrons. The lowest BCUT2D eigenvalue weighted by molar-refractivity contribution is -0.107. The van der Waals surface area contributed by atoms with Crippen LogP contribution in [-0.2, 0) is 4.79 Å². The summed E-state index contributed by atoms with van der Waals surface area (Å²) in [6.45, 7) is 2.32. The van der Waals surface area contributed by atoms with Crippen molar-refractivity contribution in [2.45, 2.75) is 32.3 Å². The van der Waals surface area contributed by atoms with Crippen LogP contribution in [0.25, 0.3) is 0 Å². The zero-order valence-electron chi connectivity index (χ0n) is 13.6. The maximum Gasteiger partial charge on any atom is 0.273 e. The third-order valence-electron chi connectivity index (χ3n) is 3.34. The summed E-state index contributed by atoms with van der Waals surface area (Å²) in [7, 11) is 4.93. The smallest absolute Gasteiger partial charge is 0.273 e. The lowest BCUT2D eigenvalue weighted by Gasteiger charge is -2.18. The second kappa shape index (κ2) is 8.38. The molecule has 0 aromatic carbocycles. The van der Waals surface area contributed by atoms with Gasteiger partial charge < -0.3 is 25.2 Å². The van der Waals surface area contributed by atoms with E-state index >= 15 is 0 Å². The minimum Gasteiger partial charge on any atom is -0.393 e. The molecule has 1 rings (SSSR count). The van der Waals surface area contributed by atoms with Gasteiger partial charge in [0.1, 0.15) is 0 Å². The van der Waals surface area contributed by atoms with Gasteiger partial charge in [-0.15, -0.1) is 0 Å². The number of hydrogen-bond acceptors (Lipinski definition) is 5. The fraction of sp³-hybridized carbons (Fsp3) is 0.643. The first-order valence-corrected chi connectivity index (χ1v) is 7.30. The minimum atomic E-state index is -0.320. The van der Waals surface area contributed by atoms with Gasteiger partial charge in [0.05, 0.1) is 6.10 Å². The SMILES string of the molecule is CNc1nc(N(C)C=O)c(C(=O)N(C)CCCCC(C)O)[nH]1. The van der Waals surface area contributed by atoms with E-state index in [-0.39, 0.29) is 17.7 Å². The van der Waals surface area contributed by atoms with Gasteiger partial charge in [-0.05, 0) is 26.2 Å². The lowest BCUT2D eigenvalue weighted by atomic mass is 10.1. The van der Waals surface area contributed by atoms with Crippen LogP contribution in [0.15, 0.2) is 0 Å². The van der Waals surface area contributed by atoms with Gasteiger partial charge in [-0.1, -0.05) is 0 Å². The normalized spacial score (nSPS) is 11.9. The molecule has 0 saturated carbocycles. The zero-order chi connectivity index (χ0) is 16.7. The van der Waals surface area contributed by atoms with Crippen LogP contribution in [0.3, 0.4) is 0 Å². The number of rotatable bonds is 9. The van der Waals surface area contributed by atoms with Gasteiger partial charge in [-0.25, -0.2) is 0 Å². The van der Waals surface area contributed by atoms with Crippen molar-refractivity contribution in [1.29, 1.82) is 0 Å². The summed E-state index contributed by atoms with van der Waals surface area (Å²) in [4.78, 5) is 33.3. The van der Waals surface area contributed by atoms with E-state index in [0.717, 1.165) is 19.3 Å². The predicted octanol–water partition coefficient (Wildman–Crippen LogP) is 0.667. The Morgan fingerprint density at radius 2 is 2.14 bits per heavy atom. The highest BCUT2D eigenvalue weighted by Crippen LogP contribution is 2.19. The Labute approximate surface area is 130 Å². The monoisotopic (exact) mass is 311 g/mol. The molecule has 2 amide bonds. The highest BCUT2D eigenvalue weighted by atomic mass is 16.3. The molecule has 1 heterocycles. The summed E-state index contributed by atoms with van der Waals surface area (Å²) in [6, 6.07) is 0. The van der Waals surface area contributed by atoms with E-state index in [9.17, 15) is 14.7 Å². The van der Waals surface area contributed by atoms with Gasteiger partial charge in [-0.2, -0.15) is 4.98 Å². The Hall–Kier alpha value is -2.09. The fourth-order valence-corrected chi connectivity index (χ4v) is 2.02. The van der Waals surface area contributed by atoms with Gasteiger partial charge in [0.15, 0.2) is 11.5 Å². The second-order valence-electron chi connectivity index (χ2n) is 5.32. The molecule has 124 valence electrons. The minimum absolute atomic E-state index is 0.227. The van der Waals surface area contributed by atoms with Crippen molar-refractivity contribution >= 4 is 24.1 Å². The average molecular weight is 311 g/mol. The summed E-state index contributed by atoms with van der Waals surface area (Å²) >= 11 is 0. The van der Waals surface area contributed by atoms with Crippen LogP contribution < -0.4 is 10.2 Å². The molecule has 1 aromatic heterocycles. The number of amides is 2. The fourth-order valence-electron chi connectivity index (χ4n) is 2.02. The number of carbonyl (C=O) groups excluding carboxylic acids is 2. The zero-order valence-corrected chi connectivity index (χ0v) is 13.6. The van der Waals surface area contributed by atoms with Crippen molar-refractivity contribution in [3.8, 4) is 0 Å². The van der Waals surface area contributed by atoms with E-state index in [0.29, 0.717) is 24.7 Å². The number of H-pyrrole nitrogens is 1. The van der Waals surface area contributed by atoms with E-state index < -0.39 is 0 Å². The van der Waals surface area contributed by atoms with E-state index in [2.05, 4.69) is 15.3 Å². The third kappa shape index (κ3) is 4.73. The Kier molecular flexibility index (Phi) is 6.84. The van der Waals surface area contributed by atoms with Gasteiger partial charge in [0.2, 0.25) is 12.4 Å². The van der Waals surface area contributed by atoms with E-state index in [1.807, 2.05) is 0 Å². The summed E-state index contributed by atoms with van der Waals surface area (Å²) in [5.41, 5.74) is 0.275. The van der Waals surface area contributed by atoms with Gasteiger partial charge in [-0.3, -0.25) is 9.59 Å². The maximum absolute atomic E-state index is 12.5. The first kappa shape index (κ1) is 18.0. The molecule has 22 heavy (non-hydrogen) atoms. The number of aliphatic hydroxyl groups is 1. The number of carbonyl (C=O) groups is 2. The molecule has 0 fully saturated rings. The first-order chi connectivity index (χ1) is 10.4. The van der Waals surface area contributed by atoms with E-state index in [1.165, 1.54) is 4.90 Å². The average Bonchev–Trinajstić information content (AvgIpc) is 2.93. The van der Waals surface area contributed by atoms with Crippen molar-refractivity contribution in [2.75, 3.05) is 37.9 Å². The van der Waals surface area contributed by atoms with Crippen molar-refractivity contribution in [2.24, 2.45) is 0 Å². The molecular formula is C14H25N5O3. The number of aromatic amines is 1. The Morgan fingerprint density at radius 3 is 2.68 bits per heavy atom. The third-order valence-corrected chi connectivity index (χ3v) is 3.34. The highest BCUT2D eigenvalue weighted by Gasteiger charge is 2.22. The van der Waals surface area contributed by atoms with Crippen molar-refractivity contribution < 1.29 is 14.7 Å². The Balaban J connectivity index is 2.74. The number of aliphatic hydroxyl groups excluding tert-OH is 1. The molecule has 3 N–H and O–H groups in total. The van der Waals surface area contributed by atoms with Crippen molar-refractivity contribution in [3.05, 3.63) is 5.69 Å². The summed E-state index contributed by atoms with van der Waals surface area (Å²) in [5.74, 6) is 0.490. The van der Waals surface area contributed by atoms with Crippen LogP contribution in [0, 0.1) is 0 Å². The lowest BCUT2D eigenvalue weighted by Crippen LogP contribution is -2.30. The quantitative estimate of drug-likeness (QED) is 0.459. The molecule has 1 atom stereocenters. The Morgan fingerprint density at radius 1 is 1.45 bits per heavy atom. The van der Waals surface area contributed by atoms with Crippen LogP contribution in [0.5, 0.6) is 0 Å². The standard InChI is InChI=1S/C14H25N5O3/c1-10(21)7-5-6-8-18(3)13(22)11-12(19(4)9-20)17-14(15-2)16-11/h9-10,21H,5-8H2,1-4H3,(H2,15,16,17). The van der Waals surface area contributed by atoms with Crippen LogP contribution in [0.2, 0.25) is 0 Å². The van der Waals surface area contributed by atoms with Crippen LogP contribution in [-0.4, -0.2) is 66.1 Å². The van der Waals surface area contributed by atoms with Gasteiger partial charge >= 0.3 is 0 Å². The van der Waals surface area contributed by atoms with Gasteiger partial charge in [0, 0.05) is 27.7 Å². The molecule has 8 heteroatoms. The van der Waals surface area contributed by atoms with Crippen LogP contribution >= 0.6 is 0 Å². The maximum atomic E-state index is 12.5. The Bertz CT molecular complexity index is 501. The van der Waals surface area contributed by atoms with Crippen molar-refractivity contribution in [3.63, 3.8) is 0 Å². The molecule has 1 unspecified atom stereocenters. The summed E-state index contributed by atoms with van der Waals surface area (Å²) in [5, 5.41) is 12.0. The molecule has 0 spiro atoms. The predicted molar refractivity (Wildman–Crippen MR) is 85.1 cm³/mol.